The smallest absolute Gasteiger partial charge is 0.0163 e. The molecule has 0 fully saturated rings. The first kappa shape index (κ1) is 19.0. The number of nitrogens with zero attached hydrogens (tertiary/aromatic N) is 1. The molecule has 135 valence electrons. The van der Waals surface area contributed by atoms with Crippen LogP contribution < -0.4 is 0 Å². The Morgan fingerprint density at radius 2 is 1.69 bits per heavy atom. The molecular weight excluding hydrogens is 494 g/mol. The summed E-state index contributed by atoms with van der Waals surface area (Å²) >= 11 is 0. The van der Waals surface area contributed by atoms with Crippen LogP contribution in [0.15, 0.2) is 48.7 Å². The zero-order valence-corrected chi connectivity index (χ0v) is 18.4. The monoisotopic (exact) mass is 519 g/mol. The average molecular weight is 519 g/mol. The van der Waals surface area contributed by atoms with Crippen LogP contribution in [-0.4, -0.2) is 4.98 Å². The molecule has 0 atom stereocenters. The van der Waals surface area contributed by atoms with Crippen molar-refractivity contribution in [2.24, 2.45) is 0 Å². The van der Waals surface area contributed by atoms with Gasteiger partial charge in [-0.3, -0.25) is 0 Å². The number of benzene rings is 2. The van der Waals surface area contributed by atoms with Gasteiger partial charge >= 0.3 is 0 Å². The fourth-order valence-corrected chi connectivity index (χ4v) is 3.89. The third kappa shape index (κ3) is 2.96. The quantitative estimate of drug-likeness (QED) is 0.364. The summed E-state index contributed by atoms with van der Waals surface area (Å²) < 4.78 is 0. The molecular formula is C24H24IrN-. The van der Waals surface area contributed by atoms with E-state index in [2.05, 4.69) is 88.1 Å². The van der Waals surface area contributed by atoms with Gasteiger partial charge in [-0.25, -0.2) is 0 Å². The van der Waals surface area contributed by atoms with Crippen molar-refractivity contribution < 1.29 is 20.1 Å². The predicted molar refractivity (Wildman–Crippen MR) is 105 cm³/mol. The maximum atomic E-state index is 4.60. The van der Waals surface area contributed by atoms with Gasteiger partial charge in [-0.2, -0.15) is 0 Å². The van der Waals surface area contributed by atoms with Crippen molar-refractivity contribution in [1.29, 1.82) is 0 Å². The number of rotatable bonds is 2. The second-order valence-electron chi connectivity index (χ2n) is 7.98. The predicted octanol–water partition coefficient (Wildman–Crippen LogP) is 6.28. The Hall–Kier alpha value is -1.76. The maximum absolute atomic E-state index is 4.60. The van der Waals surface area contributed by atoms with E-state index in [1.807, 2.05) is 6.20 Å². The Bertz CT molecular complexity index is 970. The first-order valence-corrected chi connectivity index (χ1v) is 9.02. The Labute approximate surface area is 170 Å². The van der Waals surface area contributed by atoms with Gasteiger partial charge in [0.05, 0.1) is 0 Å². The summed E-state index contributed by atoms with van der Waals surface area (Å²) in [6.07, 6.45) is 1.91. The summed E-state index contributed by atoms with van der Waals surface area (Å²) in [5.41, 5.74) is 10.2. The number of aryl methyl sites for hydroxylation is 1. The summed E-state index contributed by atoms with van der Waals surface area (Å²) in [7, 11) is 0. The van der Waals surface area contributed by atoms with Gasteiger partial charge in [0, 0.05) is 26.3 Å². The first-order chi connectivity index (χ1) is 11.9. The van der Waals surface area contributed by atoms with E-state index in [1.165, 1.54) is 33.4 Å². The summed E-state index contributed by atoms with van der Waals surface area (Å²) in [5, 5.41) is 0. The normalized spacial score (nSPS) is 13.9. The third-order valence-corrected chi connectivity index (χ3v) is 5.49. The molecule has 1 radical (unpaired) electrons. The molecule has 0 saturated carbocycles. The number of hydrogen-bond donors (Lipinski definition) is 0. The molecule has 1 aliphatic carbocycles. The van der Waals surface area contributed by atoms with Gasteiger partial charge in [0.1, 0.15) is 0 Å². The van der Waals surface area contributed by atoms with Crippen LogP contribution in [0.2, 0.25) is 0 Å². The second-order valence-corrected chi connectivity index (χ2v) is 7.98. The standard InChI is InChI=1S/C24H24N.Ir/c1-15(2)17-10-11-25-23(14-17)18-7-9-20-19-8-6-16(3)12-21(19)24(4,5)22(20)13-18;/h6,8-15H,1-5H3;/q-1;. The molecule has 0 aliphatic heterocycles. The second kappa shape index (κ2) is 6.76. The first-order valence-electron chi connectivity index (χ1n) is 9.02. The van der Waals surface area contributed by atoms with Crippen molar-refractivity contribution in [3.63, 3.8) is 0 Å². The minimum atomic E-state index is 0. The van der Waals surface area contributed by atoms with E-state index >= 15 is 0 Å². The van der Waals surface area contributed by atoms with Gasteiger partial charge in [-0.1, -0.05) is 74.2 Å². The van der Waals surface area contributed by atoms with Crippen LogP contribution in [0.1, 0.15) is 55.9 Å². The largest absolute Gasteiger partial charge is 0.305 e. The van der Waals surface area contributed by atoms with Gasteiger partial charge in [-0.05, 0) is 35.6 Å². The number of fused-ring (bicyclic) bond motifs is 3. The van der Waals surface area contributed by atoms with Crippen molar-refractivity contribution in [3.8, 4) is 22.4 Å². The van der Waals surface area contributed by atoms with Crippen molar-refractivity contribution in [2.75, 3.05) is 0 Å². The van der Waals surface area contributed by atoms with Crippen molar-refractivity contribution in [3.05, 3.63) is 77.0 Å². The Morgan fingerprint density at radius 3 is 2.42 bits per heavy atom. The molecule has 0 amide bonds. The Kier molecular flexibility index (Phi) is 4.94. The van der Waals surface area contributed by atoms with Crippen molar-refractivity contribution in [2.45, 2.75) is 46.0 Å². The van der Waals surface area contributed by atoms with E-state index in [9.17, 15) is 0 Å². The van der Waals surface area contributed by atoms with Gasteiger partial charge < -0.3 is 4.98 Å². The van der Waals surface area contributed by atoms with E-state index < -0.39 is 0 Å². The van der Waals surface area contributed by atoms with Crippen LogP contribution in [0, 0.1) is 13.0 Å². The fraction of sp³-hybridized carbons (Fsp3) is 0.292. The molecule has 2 heteroatoms. The molecule has 2 aromatic carbocycles. The van der Waals surface area contributed by atoms with E-state index in [-0.39, 0.29) is 25.5 Å². The van der Waals surface area contributed by atoms with Crippen LogP contribution in [0.25, 0.3) is 22.4 Å². The van der Waals surface area contributed by atoms with Crippen LogP contribution in [0.3, 0.4) is 0 Å². The van der Waals surface area contributed by atoms with Crippen LogP contribution in [0.4, 0.5) is 0 Å². The third-order valence-electron chi connectivity index (χ3n) is 5.49. The molecule has 0 bridgehead atoms. The Balaban J connectivity index is 0.00000196. The topological polar surface area (TPSA) is 12.9 Å². The molecule has 1 aromatic heterocycles. The number of hydrogen-bond acceptors (Lipinski definition) is 1. The number of aromatic nitrogens is 1. The molecule has 26 heavy (non-hydrogen) atoms. The van der Waals surface area contributed by atoms with Crippen LogP contribution in [0.5, 0.6) is 0 Å². The zero-order chi connectivity index (χ0) is 17.8. The Morgan fingerprint density at radius 1 is 0.962 bits per heavy atom. The maximum Gasteiger partial charge on any atom is 0.0163 e. The SMILES string of the molecule is Cc1ccc2c(c1)C(C)(C)c1cc(-c3cc(C(C)C)ccn3)[c-]cc1-2.[Ir]. The van der Waals surface area contributed by atoms with E-state index in [0.717, 1.165) is 11.3 Å². The summed E-state index contributed by atoms with van der Waals surface area (Å²) in [6.45, 7) is 11.2. The average Bonchev–Trinajstić information content (AvgIpc) is 2.82. The van der Waals surface area contributed by atoms with Crippen LogP contribution in [-0.2, 0) is 25.5 Å². The minimum absolute atomic E-state index is 0. The molecule has 4 rings (SSSR count). The summed E-state index contributed by atoms with van der Waals surface area (Å²) in [6, 6.07) is 19.0. The van der Waals surface area contributed by atoms with E-state index in [1.54, 1.807) is 0 Å². The molecule has 0 unspecified atom stereocenters. The molecule has 3 aromatic rings. The minimum Gasteiger partial charge on any atom is -0.305 e. The van der Waals surface area contributed by atoms with Crippen molar-refractivity contribution in [1.82, 2.24) is 4.98 Å². The van der Waals surface area contributed by atoms with Crippen LogP contribution >= 0.6 is 0 Å². The number of pyridine rings is 1. The van der Waals surface area contributed by atoms with E-state index in [0.29, 0.717) is 5.92 Å². The van der Waals surface area contributed by atoms with Gasteiger partial charge in [-0.15, -0.1) is 29.3 Å². The van der Waals surface area contributed by atoms with Gasteiger partial charge in [0.25, 0.3) is 0 Å². The molecule has 0 N–H and O–H groups in total. The molecule has 0 spiro atoms. The van der Waals surface area contributed by atoms with Gasteiger partial charge in [0.2, 0.25) is 0 Å². The fourth-order valence-electron chi connectivity index (χ4n) is 3.89. The molecule has 1 heterocycles. The molecule has 1 aliphatic rings. The van der Waals surface area contributed by atoms with Crippen molar-refractivity contribution >= 4 is 0 Å². The molecule has 1 nitrogen and oxygen atoms in total. The van der Waals surface area contributed by atoms with E-state index in [4.69, 9.17) is 0 Å². The zero-order valence-electron chi connectivity index (χ0n) is 16.0. The molecule has 0 saturated heterocycles. The van der Waals surface area contributed by atoms with Gasteiger partial charge in [0.15, 0.2) is 0 Å². The summed E-state index contributed by atoms with van der Waals surface area (Å²) in [5.74, 6) is 0.500. The summed E-state index contributed by atoms with van der Waals surface area (Å²) in [4.78, 5) is 4.60.